The molecule has 0 aliphatic carbocycles. The molecule has 0 saturated carbocycles. The van der Waals surface area contributed by atoms with Crippen molar-refractivity contribution in [2.45, 2.75) is 6.92 Å². The molecule has 8 heteroatoms. The maximum Gasteiger partial charge on any atom is 0.165 e. The molecule has 154 valence electrons. The highest BCUT2D eigenvalue weighted by Crippen LogP contribution is 2.40. The van der Waals surface area contributed by atoms with E-state index in [2.05, 4.69) is 25.2 Å². The van der Waals surface area contributed by atoms with Crippen molar-refractivity contribution in [1.29, 1.82) is 0 Å². The van der Waals surface area contributed by atoms with Gasteiger partial charge in [-0.25, -0.2) is 14.4 Å². The molecule has 3 N–H and O–H groups in total. The Morgan fingerprint density at radius 2 is 1.97 bits per heavy atom. The molecule has 0 amide bonds. The number of amidine groups is 1. The number of aliphatic imine (C=N–C) groups is 1. The number of aromatic nitrogens is 2. The Hall–Kier alpha value is -3.71. The van der Waals surface area contributed by atoms with Gasteiger partial charge in [-0.1, -0.05) is 29.8 Å². The van der Waals surface area contributed by atoms with Crippen molar-refractivity contribution < 1.29 is 4.39 Å². The van der Waals surface area contributed by atoms with Crippen LogP contribution in [0.25, 0.3) is 10.8 Å². The van der Waals surface area contributed by atoms with Gasteiger partial charge in [0, 0.05) is 28.7 Å². The third kappa shape index (κ3) is 3.23. The molecule has 0 atom stereocenters. The molecule has 0 spiro atoms. The lowest BCUT2D eigenvalue weighted by Gasteiger charge is -2.31. The van der Waals surface area contributed by atoms with E-state index >= 15 is 0 Å². The summed E-state index contributed by atoms with van der Waals surface area (Å²) in [5.74, 6) is 0.509. The van der Waals surface area contributed by atoms with Gasteiger partial charge in [-0.3, -0.25) is 4.98 Å². The van der Waals surface area contributed by atoms with Crippen LogP contribution in [0.1, 0.15) is 11.1 Å². The smallest absolute Gasteiger partial charge is 0.165 e. The van der Waals surface area contributed by atoms with Crippen molar-refractivity contribution in [3.63, 3.8) is 0 Å². The first kappa shape index (κ1) is 19.3. The fourth-order valence-corrected chi connectivity index (χ4v) is 4.03. The number of benzene rings is 2. The van der Waals surface area contributed by atoms with Gasteiger partial charge < -0.3 is 16.0 Å². The Kier molecular flexibility index (Phi) is 4.67. The fourth-order valence-electron chi connectivity index (χ4n) is 3.85. The molecule has 0 fully saturated rings. The van der Waals surface area contributed by atoms with Gasteiger partial charge in [-0.05, 0) is 36.8 Å². The molecule has 0 radical (unpaired) electrons. The van der Waals surface area contributed by atoms with E-state index in [0.29, 0.717) is 18.3 Å². The molecule has 31 heavy (non-hydrogen) atoms. The van der Waals surface area contributed by atoms with Crippen LogP contribution in [0.15, 0.2) is 66.0 Å². The number of halogens is 2. The summed E-state index contributed by atoms with van der Waals surface area (Å²) in [5, 5.41) is 4.93. The van der Waals surface area contributed by atoms with Gasteiger partial charge in [0.2, 0.25) is 0 Å². The number of hydrogen-bond donors (Lipinski definition) is 2. The lowest BCUT2D eigenvalue weighted by molar-refractivity contribution is 0.632. The number of nitrogens with one attached hydrogen (secondary N) is 1. The Morgan fingerprint density at radius 3 is 2.84 bits per heavy atom. The summed E-state index contributed by atoms with van der Waals surface area (Å²) in [5.41, 5.74) is 10.1. The van der Waals surface area contributed by atoms with E-state index in [1.54, 1.807) is 30.7 Å². The van der Waals surface area contributed by atoms with Gasteiger partial charge in [-0.2, -0.15) is 0 Å². The molecule has 5 rings (SSSR count). The second-order valence-electron chi connectivity index (χ2n) is 7.22. The van der Waals surface area contributed by atoms with Crippen molar-refractivity contribution in [1.82, 2.24) is 9.97 Å². The highest BCUT2D eigenvalue weighted by Gasteiger charge is 2.23. The van der Waals surface area contributed by atoms with Crippen molar-refractivity contribution in [3.8, 4) is 0 Å². The first-order valence-electron chi connectivity index (χ1n) is 9.66. The summed E-state index contributed by atoms with van der Waals surface area (Å²) in [4.78, 5) is 15.3. The number of pyridine rings is 2. The van der Waals surface area contributed by atoms with Crippen molar-refractivity contribution in [2.75, 3.05) is 16.9 Å². The van der Waals surface area contributed by atoms with Gasteiger partial charge in [0.1, 0.15) is 18.3 Å². The van der Waals surface area contributed by atoms with Crippen LogP contribution < -0.4 is 16.0 Å². The molecule has 0 bridgehead atoms. The largest absolute Gasteiger partial charge is 0.383 e. The first-order chi connectivity index (χ1) is 15.0. The Labute approximate surface area is 183 Å². The minimum absolute atomic E-state index is 0.0506. The summed E-state index contributed by atoms with van der Waals surface area (Å²) in [6, 6.07) is 12.6. The zero-order valence-corrected chi connectivity index (χ0v) is 17.4. The third-order valence-corrected chi connectivity index (χ3v) is 5.63. The highest BCUT2D eigenvalue weighted by molar-refractivity contribution is 6.31. The van der Waals surface area contributed by atoms with Gasteiger partial charge in [0.05, 0.1) is 28.3 Å². The lowest BCUT2D eigenvalue weighted by atomic mass is 10.0. The monoisotopic (exact) mass is 432 g/mol. The van der Waals surface area contributed by atoms with Crippen LogP contribution >= 0.6 is 11.6 Å². The quantitative estimate of drug-likeness (QED) is 0.460. The highest BCUT2D eigenvalue weighted by atomic mass is 35.5. The second kappa shape index (κ2) is 7.52. The molecule has 0 saturated heterocycles. The van der Waals surface area contributed by atoms with Crippen molar-refractivity contribution in [3.05, 3.63) is 83.0 Å². The number of hydrogen-bond acceptors (Lipinski definition) is 6. The lowest BCUT2D eigenvalue weighted by Crippen LogP contribution is -2.30. The van der Waals surface area contributed by atoms with Crippen LogP contribution in [0.5, 0.6) is 0 Å². The molecule has 2 aromatic heterocycles. The molecule has 1 aliphatic rings. The number of aryl methyl sites for hydroxylation is 1. The average molecular weight is 433 g/mol. The Morgan fingerprint density at radius 1 is 1.10 bits per heavy atom. The van der Waals surface area contributed by atoms with E-state index in [0.717, 1.165) is 33.3 Å². The standard InChI is InChI=1S/C23H18ClFN6/c1-13-5-6-15-14(8-10-28-23(15)30-18-4-2-3-17(24)20(18)25)21(13)31-12-29-22(26)16-7-9-27-11-19(16)31/h2-11H,12H2,1H3,(H2,26,29)(H,28,30). The average Bonchev–Trinajstić information content (AvgIpc) is 2.78. The van der Waals surface area contributed by atoms with Crippen LogP contribution in [-0.4, -0.2) is 22.5 Å². The van der Waals surface area contributed by atoms with Crippen LogP contribution in [0.3, 0.4) is 0 Å². The minimum atomic E-state index is -0.517. The van der Waals surface area contributed by atoms with E-state index in [1.807, 2.05) is 31.2 Å². The summed E-state index contributed by atoms with van der Waals surface area (Å²) < 4.78 is 14.5. The van der Waals surface area contributed by atoms with Gasteiger partial charge >= 0.3 is 0 Å². The Balaban J connectivity index is 1.67. The molecule has 2 aromatic carbocycles. The van der Waals surface area contributed by atoms with Gasteiger partial charge in [0.15, 0.2) is 5.82 Å². The van der Waals surface area contributed by atoms with Crippen LogP contribution in [-0.2, 0) is 0 Å². The normalized spacial score (nSPS) is 13.1. The van der Waals surface area contributed by atoms with Gasteiger partial charge in [-0.15, -0.1) is 0 Å². The maximum atomic E-state index is 14.5. The van der Waals surface area contributed by atoms with Crippen LogP contribution in [0.2, 0.25) is 5.02 Å². The summed E-state index contributed by atoms with van der Waals surface area (Å²) >= 11 is 5.93. The van der Waals surface area contributed by atoms with Crippen molar-refractivity contribution in [2.24, 2.45) is 10.7 Å². The predicted octanol–water partition coefficient (Wildman–Crippen LogP) is 5.29. The topological polar surface area (TPSA) is 79.4 Å². The number of anilines is 4. The zero-order chi connectivity index (χ0) is 21.5. The van der Waals surface area contributed by atoms with E-state index in [4.69, 9.17) is 17.3 Å². The molecule has 0 unspecified atom stereocenters. The predicted molar refractivity (Wildman–Crippen MR) is 123 cm³/mol. The fraction of sp³-hybridized carbons (Fsp3) is 0.0870. The maximum absolute atomic E-state index is 14.5. The number of rotatable bonds is 3. The molecular weight excluding hydrogens is 415 g/mol. The summed E-state index contributed by atoms with van der Waals surface area (Å²) in [7, 11) is 0. The van der Waals surface area contributed by atoms with E-state index in [-0.39, 0.29) is 10.7 Å². The number of fused-ring (bicyclic) bond motifs is 2. The number of nitrogens with zero attached hydrogens (tertiary/aromatic N) is 4. The SMILES string of the molecule is Cc1ccc2c(Nc3cccc(Cl)c3F)nccc2c1N1CN=C(N)c2ccncc21. The summed E-state index contributed by atoms with van der Waals surface area (Å²) in [6.45, 7) is 2.41. The molecule has 4 aromatic rings. The minimum Gasteiger partial charge on any atom is -0.383 e. The number of nitrogens with two attached hydrogens (primary N) is 1. The second-order valence-corrected chi connectivity index (χ2v) is 7.62. The van der Waals surface area contributed by atoms with Crippen molar-refractivity contribution >= 4 is 51.1 Å². The first-order valence-corrected chi connectivity index (χ1v) is 10.0. The molecule has 1 aliphatic heterocycles. The van der Waals surface area contributed by atoms with E-state index in [1.165, 1.54) is 6.07 Å². The third-order valence-electron chi connectivity index (χ3n) is 5.34. The van der Waals surface area contributed by atoms with Crippen LogP contribution in [0.4, 0.5) is 27.3 Å². The van der Waals surface area contributed by atoms with E-state index in [9.17, 15) is 4.39 Å². The summed E-state index contributed by atoms with van der Waals surface area (Å²) in [6.07, 6.45) is 5.19. The van der Waals surface area contributed by atoms with E-state index < -0.39 is 5.82 Å². The van der Waals surface area contributed by atoms with Crippen LogP contribution in [0, 0.1) is 12.7 Å². The molecule has 3 heterocycles. The zero-order valence-electron chi connectivity index (χ0n) is 16.6. The molecular formula is C23H18ClFN6. The Bertz CT molecular complexity index is 1350. The van der Waals surface area contributed by atoms with Gasteiger partial charge in [0.25, 0.3) is 0 Å². The molecule has 6 nitrogen and oxygen atoms in total.